The predicted octanol–water partition coefficient (Wildman–Crippen LogP) is 6.07. The fraction of sp³-hybridized carbons (Fsp3) is 0.261. The van der Waals surface area contributed by atoms with Crippen LogP contribution in [0.5, 0.6) is 5.75 Å². The summed E-state index contributed by atoms with van der Waals surface area (Å²) in [5.74, 6) is 6.05. The van der Waals surface area contributed by atoms with Crippen LogP contribution in [-0.2, 0) is 16.0 Å². The van der Waals surface area contributed by atoms with Crippen LogP contribution < -0.4 is 4.74 Å². The summed E-state index contributed by atoms with van der Waals surface area (Å²) in [6.45, 7) is 4.48. The molecule has 0 bridgehead atoms. The van der Waals surface area contributed by atoms with E-state index in [1.54, 1.807) is 6.92 Å². The number of aliphatic carboxylic acids is 1. The number of carboxylic acid groups (broad SMARTS) is 1. The Hall–Kier alpha value is -1.09. The van der Waals surface area contributed by atoms with Gasteiger partial charge in [-0.25, -0.2) is 4.79 Å². The molecule has 0 radical (unpaired) electrons. The molecular formula is C23H21BrI2O4. The van der Waals surface area contributed by atoms with Crippen LogP contribution in [0.3, 0.4) is 0 Å². The standard InChI is InChI=1S/C23H21BrI2O4/c1-3-29-22(23(27)28)13-17-6-7-21(20(24)12-17)30-9-8-15(2)4-5-16-10-18(25)14-19(26)11-16/h6-8,10-12,14,22H,3,9,13H2,1-2H3,(H,27,28)/b15-8-/t22-/m0/s1. The van der Waals surface area contributed by atoms with Crippen molar-refractivity contribution in [3.63, 3.8) is 0 Å². The predicted molar refractivity (Wildman–Crippen MR) is 139 cm³/mol. The lowest BCUT2D eigenvalue weighted by Gasteiger charge is -2.13. The number of hydrogen-bond acceptors (Lipinski definition) is 3. The molecule has 0 aliphatic heterocycles. The third-order valence-corrected chi connectivity index (χ3v) is 5.82. The van der Waals surface area contributed by atoms with Crippen molar-refractivity contribution in [2.24, 2.45) is 0 Å². The molecule has 0 aromatic heterocycles. The van der Waals surface area contributed by atoms with E-state index in [2.05, 4.69) is 91.2 Å². The summed E-state index contributed by atoms with van der Waals surface area (Å²) >= 11 is 8.07. The van der Waals surface area contributed by atoms with Gasteiger partial charge in [-0.1, -0.05) is 17.9 Å². The largest absolute Gasteiger partial charge is 0.488 e. The topological polar surface area (TPSA) is 55.8 Å². The first-order valence-electron chi connectivity index (χ1n) is 9.19. The molecule has 0 saturated heterocycles. The first kappa shape index (κ1) is 25.2. The first-order chi connectivity index (χ1) is 14.3. The van der Waals surface area contributed by atoms with E-state index in [0.717, 1.165) is 28.3 Å². The maximum Gasteiger partial charge on any atom is 0.333 e. The van der Waals surface area contributed by atoms with E-state index in [1.165, 1.54) is 0 Å². The molecule has 2 rings (SSSR count). The minimum absolute atomic E-state index is 0.300. The lowest BCUT2D eigenvalue weighted by atomic mass is 10.1. The second-order valence-electron chi connectivity index (χ2n) is 6.36. The highest BCUT2D eigenvalue weighted by molar-refractivity contribution is 14.1. The van der Waals surface area contributed by atoms with Crippen LogP contribution in [0.15, 0.2) is 52.5 Å². The van der Waals surface area contributed by atoms with Crippen molar-refractivity contribution >= 4 is 67.1 Å². The second kappa shape index (κ2) is 12.7. The Bertz CT molecular complexity index is 972. The Labute approximate surface area is 212 Å². The van der Waals surface area contributed by atoms with Gasteiger partial charge in [0.2, 0.25) is 0 Å². The average Bonchev–Trinajstić information content (AvgIpc) is 2.67. The average molecular weight is 695 g/mol. The van der Waals surface area contributed by atoms with Crippen molar-refractivity contribution < 1.29 is 19.4 Å². The van der Waals surface area contributed by atoms with E-state index < -0.39 is 12.1 Å². The third kappa shape index (κ3) is 8.57. The summed E-state index contributed by atoms with van der Waals surface area (Å²) < 4.78 is 14.2. The van der Waals surface area contributed by atoms with Gasteiger partial charge >= 0.3 is 5.97 Å². The van der Waals surface area contributed by atoms with Gasteiger partial charge in [-0.2, -0.15) is 0 Å². The van der Waals surface area contributed by atoms with Gasteiger partial charge in [-0.05, 0) is 123 Å². The number of ether oxygens (including phenoxy) is 2. The molecule has 0 aliphatic rings. The minimum atomic E-state index is -0.963. The maximum absolute atomic E-state index is 11.2. The number of carbonyl (C=O) groups is 1. The molecule has 0 fully saturated rings. The van der Waals surface area contributed by atoms with Crippen molar-refractivity contribution in [3.8, 4) is 17.6 Å². The van der Waals surface area contributed by atoms with Gasteiger partial charge in [0, 0.05) is 25.7 Å². The molecular weight excluding hydrogens is 674 g/mol. The smallest absolute Gasteiger partial charge is 0.333 e. The van der Waals surface area contributed by atoms with E-state index in [0.29, 0.717) is 25.4 Å². The van der Waals surface area contributed by atoms with Gasteiger partial charge < -0.3 is 14.6 Å². The van der Waals surface area contributed by atoms with Crippen molar-refractivity contribution in [1.29, 1.82) is 0 Å². The summed E-state index contributed by atoms with van der Waals surface area (Å²) in [6.07, 6.45) is 1.38. The monoisotopic (exact) mass is 694 g/mol. The molecule has 30 heavy (non-hydrogen) atoms. The van der Waals surface area contributed by atoms with Crippen LogP contribution in [0.4, 0.5) is 0 Å². The highest BCUT2D eigenvalue weighted by atomic mass is 127. The molecule has 4 nitrogen and oxygen atoms in total. The molecule has 0 heterocycles. The summed E-state index contributed by atoms with van der Waals surface area (Å²) in [6, 6.07) is 11.7. The van der Waals surface area contributed by atoms with Gasteiger partial charge in [-0.3, -0.25) is 0 Å². The highest BCUT2D eigenvalue weighted by Gasteiger charge is 2.18. The lowest BCUT2D eigenvalue weighted by molar-refractivity contribution is -0.149. The Kier molecular flexibility index (Phi) is 10.6. The number of halogens is 3. The Morgan fingerprint density at radius 2 is 1.93 bits per heavy atom. The molecule has 0 unspecified atom stereocenters. The molecule has 1 N–H and O–H groups in total. The van der Waals surface area contributed by atoms with Crippen LogP contribution in [0.2, 0.25) is 0 Å². The molecule has 1 atom stereocenters. The van der Waals surface area contributed by atoms with E-state index in [1.807, 2.05) is 31.2 Å². The normalized spacial score (nSPS) is 12.1. The molecule has 2 aromatic carbocycles. The fourth-order valence-corrected chi connectivity index (χ4v) is 5.00. The Morgan fingerprint density at radius 3 is 2.53 bits per heavy atom. The van der Waals surface area contributed by atoms with Crippen LogP contribution in [0.1, 0.15) is 25.0 Å². The quantitative estimate of drug-likeness (QED) is 0.270. The van der Waals surface area contributed by atoms with E-state index >= 15 is 0 Å². The zero-order valence-corrected chi connectivity index (χ0v) is 22.4. The molecule has 158 valence electrons. The molecule has 7 heteroatoms. The maximum atomic E-state index is 11.2. The summed E-state index contributed by atoms with van der Waals surface area (Å²) in [5, 5.41) is 9.22. The first-order valence-corrected chi connectivity index (χ1v) is 12.1. The van der Waals surface area contributed by atoms with Crippen molar-refractivity contribution in [3.05, 3.63) is 70.8 Å². The molecule has 0 aliphatic carbocycles. The van der Waals surface area contributed by atoms with Crippen LogP contribution in [0, 0.1) is 19.0 Å². The van der Waals surface area contributed by atoms with Gasteiger partial charge in [0.25, 0.3) is 0 Å². The van der Waals surface area contributed by atoms with Gasteiger partial charge in [0.1, 0.15) is 12.4 Å². The summed E-state index contributed by atoms with van der Waals surface area (Å²) in [4.78, 5) is 11.2. The van der Waals surface area contributed by atoms with Crippen LogP contribution >= 0.6 is 61.1 Å². The van der Waals surface area contributed by atoms with Crippen LogP contribution in [0.25, 0.3) is 0 Å². The minimum Gasteiger partial charge on any atom is -0.488 e. The number of hydrogen-bond donors (Lipinski definition) is 1. The number of rotatable bonds is 8. The third-order valence-electron chi connectivity index (χ3n) is 3.96. The molecule has 0 spiro atoms. The van der Waals surface area contributed by atoms with Gasteiger partial charge in [0.15, 0.2) is 6.10 Å². The number of benzene rings is 2. The SMILES string of the molecule is CCO[C@@H](Cc1ccc(OC/C=C(/C)C#Cc2cc(I)cc(I)c2)c(Br)c1)C(=O)O. The van der Waals surface area contributed by atoms with Crippen molar-refractivity contribution in [2.45, 2.75) is 26.4 Å². The van der Waals surface area contributed by atoms with Gasteiger partial charge in [-0.15, -0.1) is 0 Å². The van der Waals surface area contributed by atoms with E-state index in [4.69, 9.17) is 9.47 Å². The van der Waals surface area contributed by atoms with Crippen LogP contribution in [-0.4, -0.2) is 30.4 Å². The van der Waals surface area contributed by atoms with E-state index in [-0.39, 0.29) is 0 Å². The summed E-state index contributed by atoms with van der Waals surface area (Å²) in [5.41, 5.74) is 2.78. The lowest BCUT2D eigenvalue weighted by Crippen LogP contribution is -2.26. The fourth-order valence-electron chi connectivity index (χ4n) is 2.53. The second-order valence-corrected chi connectivity index (χ2v) is 9.70. The van der Waals surface area contributed by atoms with Gasteiger partial charge in [0.05, 0.1) is 4.47 Å². The van der Waals surface area contributed by atoms with Crippen molar-refractivity contribution in [2.75, 3.05) is 13.2 Å². The Morgan fingerprint density at radius 1 is 1.23 bits per heavy atom. The highest BCUT2D eigenvalue weighted by Crippen LogP contribution is 2.27. The molecule has 0 saturated carbocycles. The zero-order valence-electron chi connectivity index (χ0n) is 16.5. The Balaban J connectivity index is 1.97. The molecule has 2 aromatic rings. The van der Waals surface area contributed by atoms with Crippen molar-refractivity contribution in [1.82, 2.24) is 0 Å². The number of allylic oxidation sites excluding steroid dienone is 1. The molecule has 0 amide bonds. The van der Waals surface area contributed by atoms with E-state index in [9.17, 15) is 9.90 Å². The number of carboxylic acids is 1. The zero-order chi connectivity index (χ0) is 22.1. The summed E-state index contributed by atoms with van der Waals surface area (Å²) in [7, 11) is 0.